The van der Waals surface area contributed by atoms with Gasteiger partial charge in [0.15, 0.2) is 0 Å². The summed E-state index contributed by atoms with van der Waals surface area (Å²) in [4.78, 5) is 0. The Balaban J connectivity index is 1.74. The van der Waals surface area contributed by atoms with Crippen LogP contribution in [-0.4, -0.2) is 15.8 Å². The van der Waals surface area contributed by atoms with Crippen molar-refractivity contribution in [3.63, 3.8) is 0 Å². The van der Waals surface area contributed by atoms with Gasteiger partial charge in [0, 0.05) is 5.41 Å². The Kier molecular flexibility index (Phi) is 2.84. The lowest BCUT2D eigenvalue weighted by atomic mass is 9.48. The van der Waals surface area contributed by atoms with Crippen molar-refractivity contribution in [1.29, 1.82) is 0 Å². The number of aliphatic hydroxyl groups is 2. The molecule has 4 aliphatic rings. The molecule has 0 saturated heterocycles. The fourth-order valence-electron chi connectivity index (χ4n) is 6.20. The van der Waals surface area contributed by atoms with Crippen molar-refractivity contribution in [1.82, 2.24) is 0 Å². The van der Waals surface area contributed by atoms with Crippen LogP contribution in [0.15, 0.2) is 35.6 Å². The summed E-state index contributed by atoms with van der Waals surface area (Å²) in [6, 6.07) is 0. The predicted octanol–water partition coefficient (Wildman–Crippen LogP) is 4.53. The van der Waals surface area contributed by atoms with Gasteiger partial charge in [-0.15, -0.1) is 0 Å². The lowest BCUT2D eigenvalue weighted by Crippen LogP contribution is -2.52. The zero-order valence-corrected chi connectivity index (χ0v) is 14.0. The normalized spacial score (nSPS) is 53.2. The van der Waals surface area contributed by atoms with E-state index in [2.05, 4.69) is 32.9 Å². The number of hydrogen-bond donors (Lipinski definition) is 2. The minimum absolute atomic E-state index is 0.0604. The number of fused-ring (bicyclic) bond motifs is 5. The van der Waals surface area contributed by atoms with Crippen molar-refractivity contribution < 1.29 is 10.2 Å². The maximum atomic E-state index is 10.9. The number of allylic oxidation sites excluding steroid dienone is 5. The van der Waals surface area contributed by atoms with Crippen molar-refractivity contribution in [3.05, 3.63) is 35.6 Å². The van der Waals surface area contributed by atoms with E-state index in [1.165, 1.54) is 12.0 Å². The second kappa shape index (κ2) is 4.29. The average Bonchev–Trinajstić information content (AvgIpc) is 2.70. The zero-order valence-electron chi connectivity index (χ0n) is 14.0. The minimum Gasteiger partial charge on any atom is -0.508 e. The van der Waals surface area contributed by atoms with Gasteiger partial charge in [-0.3, -0.25) is 0 Å². The highest BCUT2D eigenvalue weighted by Gasteiger charge is 2.61. The lowest BCUT2D eigenvalue weighted by Gasteiger charge is -2.56. The molecule has 4 aliphatic carbocycles. The van der Waals surface area contributed by atoms with Crippen molar-refractivity contribution in [2.45, 2.75) is 58.5 Å². The van der Waals surface area contributed by atoms with Crippen LogP contribution in [0.4, 0.5) is 0 Å². The van der Waals surface area contributed by atoms with E-state index in [-0.39, 0.29) is 10.8 Å². The molecule has 2 saturated carbocycles. The Bertz CT molecular complexity index is 597. The maximum absolute atomic E-state index is 10.9. The van der Waals surface area contributed by atoms with E-state index in [1.54, 1.807) is 0 Å². The van der Waals surface area contributed by atoms with E-state index in [4.69, 9.17) is 0 Å². The van der Waals surface area contributed by atoms with Crippen molar-refractivity contribution in [2.24, 2.45) is 28.6 Å². The van der Waals surface area contributed by atoms with Crippen molar-refractivity contribution in [3.8, 4) is 0 Å². The maximum Gasteiger partial charge on any atom is 0.115 e. The fraction of sp³-hybridized carbons (Fsp3) is 0.700. The van der Waals surface area contributed by atoms with Gasteiger partial charge in [0.1, 0.15) is 5.76 Å². The van der Waals surface area contributed by atoms with Gasteiger partial charge >= 0.3 is 0 Å². The second-order valence-electron chi connectivity index (χ2n) is 8.73. The minimum atomic E-state index is -0.506. The molecule has 120 valence electrons. The Morgan fingerprint density at radius 1 is 1.09 bits per heavy atom. The standard InChI is InChI=1S/C20H28O2/c1-18-9-6-14(21)12-13(18)4-5-15-16(18)7-10-19(2)17(15)8-11-20(19,3)22/h4,6,9,12,15-17,21-22H,5,7-8,10-11H2,1-3H3/t15-,16+,17+,18+,19+,20+/m1/s1. The van der Waals surface area contributed by atoms with Gasteiger partial charge in [-0.25, -0.2) is 0 Å². The largest absolute Gasteiger partial charge is 0.508 e. The summed E-state index contributed by atoms with van der Waals surface area (Å²) in [6.45, 7) is 6.72. The lowest BCUT2D eigenvalue weighted by molar-refractivity contribution is -0.106. The third-order valence-corrected chi connectivity index (χ3v) is 7.91. The molecule has 0 bridgehead atoms. The van der Waals surface area contributed by atoms with Gasteiger partial charge < -0.3 is 10.2 Å². The van der Waals surface area contributed by atoms with Crippen LogP contribution in [0.2, 0.25) is 0 Å². The molecule has 2 heteroatoms. The number of aliphatic hydroxyl groups excluding tert-OH is 1. The first-order valence-corrected chi connectivity index (χ1v) is 8.81. The first-order valence-electron chi connectivity index (χ1n) is 8.81. The summed E-state index contributed by atoms with van der Waals surface area (Å²) in [6.07, 6.45) is 13.9. The van der Waals surface area contributed by atoms with Crippen LogP contribution in [0, 0.1) is 28.6 Å². The molecule has 0 aromatic carbocycles. The van der Waals surface area contributed by atoms with E-state index in [0.29, 0.717) is 23.5 Å². The highest BCUT2D eigenvalue weighted by molar-refractivity contribution is 5.43. The molecular weight excluding hydrogens is 272 g/mol. The SMILES string of the molecule is C[C@]12C=CC(O)=CC1=CC[C@@H]1[C@@H]2CC[C@@]2(C)[C@H]1CC[C@]2(C)O. The fourth-order valence-corrected chi connectivity index (χ4v) is 6.20. The number of rotatable bonds is 0. The van der Waals surface area contributed by atoms with Crippen LogP contribution in [0.1, 0.15) is 52.9 Å². The van der Waals surface area contributed by atoms with Crippen molar-refractivity contribution >= 4 is 0 Å². The molecule has 0 radical (unpaired) electrons. The summed E-state index contributed by atoms with van der Waals surface area (Å²) in [5, 5.41) is 20.7. The van der Waals surface area contributed by atoms with E-state index >= 15 is 0 Å². The van der Waals surface area contributed by atoms with Gasteiger partial charge in [0.2, 0.25) is 0 Å². The van der Waals surface area contributed by atoms with Gasteiger partial charge in [0.25, 0.3) is 0 Å². The Morgan fingerprint density at radius 3 is 2.59 bits per heavy atom. The Hall–Kier alpha value is -1.02. The van der Waals surface area contributed by atoms with Crippen LogP contribution in [0.3, 0.4) is 0 Å². The molecule has 6 atom stereocenters. The zero-order chi connectivity index (χ0) is 15.8. The molecule has 0 amide bonds. The molecular formula is C20H28O2. The molecule has 0 aromatic rings. The molecule has 0 spiro atoms. The molecule has 2 fully saturated rings. The quantitative estimate of drug-likeness (QED) is 0.690. The molecule has 0 unspecified atom stereocenters. The van der Waals surface area contributed by atoms with E-state index in [0.717, 1.165) is 25.7 Å². The van der Waals surface area contributed by atoms with Crippen LogP contribution in [0.25, 0.3) is 0 Å². The number of hydrogen-bond acceptors (Lipinski definition) is 2. The third kappa shape index (κ3) is 1.65. The first kappa shape index (κ1) is 14.6. The van der Waals surface area contributed by atoms with E-state index in [9.17, 15) is 10.2 Å². The topological polar surface area (TPSA) is 40.5 Å². The molecule has 0 heterocycles. The molecule has 0 aliphatic heterocycles. The Labute approximate surface area is 133 Å². The van der Waals surface area contributed by atoms with Crippen LogP contribution in [0.5, 0.6) is 0 Å². The van der Waals surface area contributed by atoms with Gasteiger partial charge in [-0.05, 0) is 79.9 Å². The second-order valence-corrected chi connectivity index (χ2v) is 8.73. The Morgan fingerprint density at radius 2 is 1.82 bits per heavy atom. The molecule has 2 nitrogen and oxygen atoms in total. The van der Waals surface area contributed by atoms with Gasteiger partial charge in [-0.1, -0.05) is 26.0 Å². The molecule has 4 rings (SSSR count). The molecule has 2 N–H and O–H groups in total. The van der Waals surface area contributed by atoms with Crippen molar-refractivity contribution in [2.75, 3.05) is 0 Å². The molecule has 0 aromatic heterocycles. The highest BCUT2D eigenvalue weighted by Crippen LogP contribution is 2.66. The summed E-state index contributed by atoms with van der Waals surface area (Å²) in [7, 11) is 0. The van der Waals surface area contributed by atoms with Crippen LogP contribution in [-0.2, 0) is 0 Å². The summed E-state index contributed by atoms with van der Waals surface area (Å²) in [5.74, 6) is 2.32. The average molecular weight is 300 g/mol. The molecule has 22 heavy (non-hydrogen) atoms. The highest BCUT2D eigenvalue weighted by atomic mass is 16.3. The van der Waals surface area contributed by atoms with E-state index in [1.807, 2.05) is 12.2 Å². The monoisotopic (exact) mass is 300 g/mol. The third-order valence-electron chi connectivity index (χ3n) is 7.91. The van der Waals surface area contributed by atoms with Crippen LogP contribution < -0.4 is 0 Å². The smallest absolute Gasteiger partial charge is 0.115 e. The van der Waals surface area contributed by atoms with Crippen LogP contribution >= 0.6 is 0 Å². The predicted molar refractivity (Wildman–Crippen MR) is 88.3 cm³/mol. The van der Waals surface area contributed by atoms with Gasteiger partial charge in [0.05, 0.1) is 5.60 Å². The summed E-state index contributed by atoms with van der Waals surface area (Å²) >= 11 is 0. The summed E-state index contributed by atoms with van der Waals surface area (Å²) in [5.41, 5.74) is 0.924. The first-order chi connectivity index (χ1) is 10.3. The summed E-state index contributed by atoms with van der Waals surface area (Å²) < 4.78 is 0. The van der Waals surface area contributed by atoms with Gasteiger partial charge in [-0.2, -0.15) is 0 Å². The van der Waals surface area contributed by atoms with E-state index < -0.39 is 5.60 Å².